The Morgan fingerprint density at radius 3 is 2.38 bits per heavy atom. The van der Waals surface area contributed by atoms with Crippen LogP contribution in [-0.2, 0) is 42.3 Å². The molecular formula is C34H45F2N7O7S3. The molecule has 1 unspecified atom stereocenters. The number of hydrogen-bond acceptors (Lipinski definition) is 12. The van der Waals surface area contributed by atoms with Crippen molar-refractivity contribution in [3.63, 3.8) is 0 Å². The summed E-state index contributed by atoms with van der Waals surface area (Å²) in [6.07, 6.45) is 0.373. The topological polar surface area (TPSA) is 156 Å². The minimum Gasteiger partial charge on any atom is -0.444 e. The second-order valence-corrected chi connectivity index (χ2v) is 19.4. The number of morpholine rings is 1. The largest absolute Gasteiger partial charge is 0.444 e. The summed E-state index contributed by atoms with van der Waals surface area (Å²) >= 11 is 1.59. The first-order valence-corrected chi connectivity index (χ1v) is 21.3. The number of nitrogens with zero attached hydrogens (tertiary/aromatic N) is 6. The number of anilines is 2. The van der Waals surface area contributed by atoms with Crippen LogP contribution in [0.4, 0.5) is 25.2 Å². The van der Waals surface area contributed by atoms with Gasteiger partial charge in [0.2, 0.25) is 15.8 Å². The SMILES string of the molecule is CC(C)(C)OC(=O)N1CCc2nnc(NS(=O)(=O)c3ccc(N4CC4(CCN4CCOCC4)CSc4ccccc4)c(S(=O)(=O)C(C)(F)F)c3)n2CC1. The van der Waals surface area contributed by atoms with Crippen LogP contribution < -0.4 is 9.62 Å². The second kappa shape index (κ2) is 15.0. The number of benzene rings is 2. The van der Waals surface area contributed by atoms with Gasteiger partial charge in [-0.3, -0.25) is 9.47 Å². The summed E-state index contributed by atoms with van der Waals surface area (Å²) in [6, 6.07) is 13.0. The number of rotatable bonds is 12. The van der Waals surface area contributed by atoms with Crippen molar-refractivity contribution >= 4 is 49.4 Å². The molecule has 290 valence electrons. The third-order valence-corrected chi connectivity index (χ3v) is 13.8. The second-order valence-electron chi connectivity index (χ2n) is 14.5. The fourth-order valence-corrected chi connectivity index (χ4v) is 9.72. The summed E-state index contributed by atoms with van der Waals surface area (Å²) < 4.78 is 99.2. The molecule has 1 aromatic heterocycles. The zero-order valence-electron chi connectivity index (χ0n) is 30.1. The number of hydrogen-bond donors (Lipinski definition) is 1. The van der Waals surface area contributed by atoms with E-state index < -0.39 is 52.1 Å². The average molecular weight is 798 g/mol. The molecule has 3 aromatic rings. The predicted molar refractivity (Wildman–Crippen MR) is 196 cm³/mol. The van der Waals surface area contributed by atoms with Crippen molar-refractivity contribution in [3.05, 3.63) is 54.4 Å². The molecule has 1 amide bonds. The highest BCUT2D eigenvalue weighted by Gasteiger charge is 2.54. The molecule has 3 aliphatic heterocycles. The predicted octanol–water partition coefficient (Wildman–Crippen LogP) is 4.33. The van der Waals surface area contributed by atoms with E-state index >= 15 is 0 Å². The highest BCUT2D eigenvalue weighted by molar-refractivity contribution is 7.99. The van der Waals surface area contributed by atoms with E-state index in [1.54, 1.807) is 37.4 Å². The molecule has 53 heavy (non-hydrogen) atoms. The van der Waals surface area contributed by atoms with Gasteiger partial charge in [0.05, 0.1) is 34.2 Å². The monoisotopic (exact) mass is 797 g/mol. The normalized spacial score (nSPS) is 20.1. The fraction of sp³-hybridized carbons (Fsp3) is 0.559. The molecule has 1 N–H and O–H groups in total. The van der Waals surface area contributed by atoms with Crippen molar-refractivity contribution in [2.75, 3.05) is 67.9 Å². The molecular weight excluding hydrogens is 753 g/mol. The number of sulfonamides is 1. The molecule has 2 aromatic carbocycles. The van der Waals surface area contributed by atoms with Crippen LogP contribution in [0, 0.1) is 0 Å². The number of aromatic nitrogens is 3. The fourth-order valence-electron chi connectivity index (χ4n) is 6.31. The quantitative estimate of drug-likeness (QED) is 0.205. The number of alkyl halides is 2. The number of carbonyl (C=O) groups excluding carboxylic acids is 1. The van der Waals surface area contributed by atoms with Crippen LogP contribution in [0.25, 0.3) is 0 Å². The molecule has 3 aliphatic rings. The molecule has 4 heterocycles. The first-order valence-electron chi connectivity index (χ1n) is 17.3. The number of halogens is 2. The number of nitrogens with one attached hydrogen (secondary N) is 1. The average Bonchev–Trinajstić information content (AvgIpc) is 3.76. The Morgan fingerprint density at radius 1 is 0.981 bits per heavy atom. The van der Waals surface area contributed by atoms with Gasteiger partial charge in [-0.05, 0) is 57.5 Å². The van der Waals surface area contributed by atoms with Crippen LogP contribution in [0.3, 0.4) is 0 Å². The highest BCUT2D eigenvalue weighted by Crippen LogP contribution is 2.48. The van der Waals surface area contributed by atoms with Gasteiger partial charge in [-0.25, -0.2) is 26.4 Å². The number of fused-ring (bicyclic) bond motifs is 1. The zero-order valence-corrected chi connectivity index (χ0v) is 32.6. The highest BCUT2D eigenvalue weighted by atomic mass is 32.2. The van der Waals surface area contributed by atoms with E-state index in [1.807, 2.05) is 30.3 Å². The summed E-state index contributed by atoms with van der Waals surface area (Å²) in [4.78, 5) is 17.9. The van der Waals surface area contributed by atoms with Crippen LogP contribution in [-0.4, -0.2) is 122 Å². The van der Waals surface area contributed by atoms with Gasteiger partial charge in [-0.1, -0.05) is 18.2 Å². The summed E-state index contributed by atoms with van der Waals surface area (Å²) in [7, 11) is -9.90. The van der Waals surface area contributed by atoms with Crippen LogP contribution in [0.15, 0.2) is 63.2 Å². The number of amides is 1. The Kier molecular flexibility index (Phi) is 11.1. The lowest BCUT2D eigenvalue weighted by Gasteiger charge is -2.29. The minimum atomic E-state index is -5.34. The molecule has 0 aliphatic carbocycles. The lowest BCUT2D eigenvalue weighted by atomic mass is 10.1. The molecule has 2 saturated heterocycles. The number of thioether (sulfide) groups is 1. The van der Waals surface area contributed by atoms with Crippen molar-refractivity contribution < 1.29 is 39.9 Å². The molecule has 2 fully saturated rings. The van der Waals surface area contributed by atoms with Crippen molar-refractivity contribution in [3.8, 4) is 0 Å². The van der Waals surface area contributed by atoms with E-state index in [0.29, 0.717) is 44.3 Å². The molecule has 0 radical (unpaired) electrons. The van der Waals surface area contributed by atoms with E-state index in [9.17, 15) is 30.4 Å². The maximum Gasteiger partial charge on any atom is 0.410 e. The van der Waals surface area contributed by atoms with Crippen molar-refractivity contribution in [2.24, 2.45) is 0 Å². The van der Waals surface area contributed by atoms with Gasteiger partial charge < -0.3 is 19.3 Å². The van der Waals surface area contributed by atoms with E-state index in [1.165, 1.54) is 21.6 Å². The minimum absolute atomic E-state index is 0.0136. The van der Waals surface area contributed by atoms with Gasteiger partial charge in [0.1, 0.15) is 11.4 Å². The van der Waals surface area contributed by atoms with Crippen LogP contribution in [0.5, 0.6) is 0 Å². The van der Waals surface area contributed by atoms with Crippen LogP contribution in [0.2, 0.25) is 0 Å². The number of sulfone groups is 1. The zero-order chi connectivity index (χ0) is 38.2. The summed E-state index contributed by atoms with van der Waals surface area (Å²) in [6.45, 7) is 9.94. The Morgan fingerprint density at radius 2 is 1.70 bits per heavy atom. The maximum atomic E-state index is 14.9. The van der Waals surface area contributed by atoms with E-state index in [2.05, 4.69) is 19.8 Å². The van der Waals surface area contributed by atoms with Crippen LogP contribution >= 0.6 is 11.8 Å². The number of carbonyl (C=O) groups is 1. The van der Waals surface area contributed by atoms with Gasteiger partial charge in [0.25, 0.3) is 10.0 Å². The number of ether oxygens (including phenoxy) is 2. The third kappa shape index (κ3) is 8.90. The van der Waals surface area contributed by atoms with Crippen molar-refractivity contribution in [2.45, 2.75) is 78.2 Å². The van der Waals surface area contributed by atoms with E-state index in [4.69, 9.17) is 9.47 Å². The Balaban J connectivity index is 1.28. The van der Waals surface area contributed by atoms with Crippen molar-refractivity contribution in [1.82, 2.24) is 24.6 Å². The summed E-state index contributed by atoms with van der Waals surface area (Å²) in [5.41, 5.74) is -1.26. The molecule has 0 bridgehead atoms. The first kappa shape index (κ1) is 39.2. The standard InChI is InChI=1S/C34H45F2N7O7S3/c1-32(2,3)50-31(44)41-14-12-29-37-38-30(42(29)17-16-41)39-53(47,48)26-10-11-27(28(22-26)52(45,46)33(4,35)36)43-23-34(43,13-15-40-18-20-49-21-19-40)24-51-25-8-6-5-7-9-25/h5-11,22H,12-21,23-24H2,1-4H3,(H,38,39). The molecule has 0 spiro atoms. The van der Waals surface area contributed by atoms with Gasteiger partial charge in [-0.15, -0.1) is 22.0 Å². The molecule has 1 atom stereocenters. The van der Waals surface area contributed by atoms with Gasteiger partial charge in [-0.2, -0.15) is 8.78 Å². The first-order chi connectivity index (χ1) is 24.9. The molecule has 6 rings (SSSR count). The molecule has 14 nitrogen and oxygen atoms in total. The van der Waals surface area contributed by atoms with E-state index in [0.717, 1.165) is 24.1 Å². The van der Waals surface area contributed by atoms with E-state index in [-0.39, 0.29) is 44.6 Å². The Bertz CT molecular complexity index is 2020. The Hall–Kier alpha value is -3.52. The summed E-state index contributed by atoms with van der Waals surface area (Å²) in [5.74, 6) is 0.807. The Labute approximate surface area is 313 Å². The van der Waals surface area contributed by atoms with Gasteiger partial charge in [0.15, 0.2) is 0 Å². The van der Waals surface area contributed by atoms with Gasteiger partial charge >= 0.3 is 11.3 Å². The lowest BCUT2D eigenvalue weighted by Crippen LogP contribution is -2.39. The molecule has 19 heteroatoms. The van der Waals surface area contributed by atoms with Crippen LogP contribution in [0.1, 0.15) is 39.9 Å². The van der Waals surface area contributed by atoms with Crippen molar-refractivity contribution in [1.29, 1.82) is 0 Å². The lowest BCUT2D eigenvalue weighted by molar-refractivity contribution is 0.0254. The summed E-state index contributed by atoms with van der Waals surface area (Å²) in [5, 5.41) is 3.89. The van der Waals surface area contributed by atoms with Gasteiger partial charge in [0, 0.05) is 69.8 Å². The smallest absolute Gasteiger partial charge is 0.410 e. The molecule has 0 saturated carbocycles. The third-order valence-electron chi connectivity index (χ3n) is 9.37. The maximum absolute atomic E-state index is 14.9.